The zero-order valence-corrected chi connectivity index (χ0v) is 30.8. The van der Waals surface area contributed by atoms with Gasteiger partial charge >= 0.3 is 12.1 Å². The van der Waals surface area contributed by atoms with Gasteiger partial charge in [0.1, 0.15) is 18.4 Å². The van der Waals surface area contributed by atoms with Crippen LogP contribution >= 0.6 is 0 Å². The number of ketones is 1. The van der Waals surface area contributed by atoms with E-state index in [1.54, 1.807) is 31.2 Å². The number of anilines is 1. The number of nitrogens with one attached hydrogen (secondary N) is 3. The van der Waals surface area contributed by atoms with Crippen LogP contribution < -0.4 is 16.0 Å². The molecular weight excluding hydrogens is 656 g/mol. The first-order valence-electron chi connectivity index (χ1n) is 17.8. The number of carbonyl (C=O) groups excluding carboxylic acids is 7. The van der Waals surface area contributed by atoms with E-state index < -0.39 is 24.0 Å². The Morgan fingerprint density at radius 3 is 2.10 bits per heavy atom. The fraction of sp³-hybridized carbons (Fsp3) is 0.605. The van der Waals surface area contributed by atoms with Gasteiger partial charge in [0.15, 0.2) is 0 Å². The van der Waals surface area contributed by atoms with Crippen LogP contribution in [-0.4, -0.2) is 72.1 Å². The Bertz CT molecular complexity index is 1420. The molecule has 5 amide bonds. The van der Waals surface area contributed by atoms with Crippen LogP contribution in [0.1, 0.15) is 92.1 Å². The number of Topliss-reactive ketones (excluding diaryl/α,β-unsaturated/α-hetero) is 1. The number of hydrogen-bond donors (Lipinski definition) is 3. The number of carbonyl (C=O) groups is 7. The first kappa shape index (κ1) is 40.9. The zero-order chi connectivity index (χ0) is 37.7. The maximum absolute atomic E-state index is 13.2. The van der Waals surface area contributed by atoms with Gasteiger partial charge in [-0.05, 0) is 74.0 Å². The molecule has 0 unspecified atom stereocenters. The second kappa shape index (κ2) is 19.2. The van der Waals surface area contributed by atoms with Crippen molar-refractivity contribution in [1.82, 2.24) is 15.5 Å². The Balaban J connectivity index is 1.36. The highest BCUT2D eigenvalue weighted by atomic mass is 16.5. The standard InChI is InChI=1S/C38H54N4O9/c1-24(2)30(20-31(43)28-13-9-26(10-14-28)21-42-32(44)17-18-33(42)45)36(48)40-25(3)35(47)41-29-15-11-27(12-16-29)22-50-37(49)39-19-7-8-34(46)51-23-38(4,5)6/h11-12,15-18,24-26,28,30H,7-10,13-14,19-23H2,1-6H3,(H,39,49)(H,40,48)(H,41,47)/t25-,26?,28?,30-/m0/s1. The number of amides is 5. The normalized spacial score (nSPS) is 18.6. The van der Waals surface area contributed by atoms with Crippen LogP contribution in [-0.2, 0) is 44.8 Å². The number of esters is 1. The zero-order valence-electron chi connectivity index (χ0n) is 30.8. The number of alkyl carbamates (subject to hydrolysis) is 1. The summed E-state index contributed by atoms with van der Waals surface area (Å²) in [5, 5.41) is 8.13. The van der Waals surface area contributed by atoms with E-state index in [0.717, 1.165) is 12.8 Å². The van der Waals surface area contributed by atoms with Gasteiger partial charge in [0.2, 0.25) is 11.8 Å². The van der Waals surface area contributed by atoms with Crippen LogP contribution in [0.5, 0.6) is 0 Å². The smallest absolute Gasteiger partial charge is 0.407 e. The Hall–Kier alpha value is -4.55. The fourth-order valence-corrected chi connectivity index (χ4v) is 5.86. The highest BCUT2D eigenvalue weighted by Crippen LogP contribution is 2.32. The molecule has 1 fully saturated rings. The van der Waals surface area contributed by atoms with Crippen molar-refractivity contribution in [2.45, 2.75) is 99.1 Å². The molecule has 13 heteroatoms. The lowest BCUT2D eigenvalue weighted by Crippen LogP contribution is -2.46. The lowest BCUT2D eigenvalue weighted by molar-refractivity contribution is -0.146. The Labute approximate surface area is 300 Å². The van der Waals surface area contributed by atoms with Crippen LogP contribution in [0.3, 0.4) is 0 Å². The van der Waals surface area contributed by atoms with E-state index in [1.165, 1.54) is 17.1 Å². The molecule has 1 aliphatic carbocycles. The SMILES string of the molecule is CC(C)[C@H](CC(=O)C1CCC(CN2C(=O)C=CC2=O)CC1)C(=O)N[C@@H](C)C(=O)Nc1ccc(COC(=O)NCCCC(=O)OCC(C)(C)C)cc1. The van der Waals surface area contributed by atoms with Crippen LogP contribution in [0.15, 0.2) is 36.4 Å². The molecule has 2 atom stereocenters. The highest BCUT2D eigenvalue weighted by molar-refractivity contribution is 6.12. The first-order chi connectivity index (χ1) is 24.0. The number of rotatable bonds is 17. The summed E-state index contributed by atoms with van der Waals surface area (Å²) in [6.45, 7) is 12.2. The Morgan fingerprint density at radius 2 is 1.51 bits per heavy atom. The molecule has 1 aromatic carbocycles. The maximum atomic E-state index is 13.2. The van der Waals surface area contributed by atoms with E-state index >= 15 is 0 Å². The van der Waals surface area contributed by atoms with Gasteiger partial charge < -0.3 is 25.4 Å². The second-order valence-electron chi connectivity index (χ2n) is 15.1. The first-order valence-corrected chi connectivity index (χ1v) is 17.8. The molecule has 0 aromatic heterocycles. The minimum atomic E-state index is -0.859. The Morgan fingerprint density at radius 1 is 0.882 bits per heavy atom. The van der Waals surface area contributed by atoms with Crippen LogP contribution in [0.4, 0.5) is 10.5 Å². The summed E-state index contributed by atoms with van der Waals surface area (Å²) in [6, 6.07) is 5.87. The summed E-state index contributed by atoms with van der Waals surface area (Å²) in [5.74, 6) is -2.41. The molecule has 2 aliphatic rings. The second-order valence-corrected chi connectivity index (χ2v) is 15.1. The molecule has 0 radical (unpaired) electrons. The van der Waals surface area contributed by atoms with E-state index in [-0.39, 0.29) is 78.6 Å². The largest absolute Gasteiger partial charge is 0.465 e. The van der Waals surface area contributed by atoms with Crippen LogP contribution in [0.2, 0.25) is 0 Å². The molecule has 1 heterocycles. The molecule has 0 bridgehead atoms. The monoisotopic (exact) mass is 710 g/mol. The lowest BCUT2D eigenvalue weighted by atomic mass is 9.77. The van der Waals surface area contributed by atoms with Crippen molar-refractivity contribution < 1.29 is 43.0 Å². The van der Waals surface area contributed by atoms with Crippen LogP contribution in [0.25, 0.3) is 0 Å². The molecule has 1 aliphatic heterocycles. The van der Waals surface area contributed by atoms with Gasteiger partial charge in [-0.25, -0.2) is 4.79 Å². The number of imide groups is 1. The number of ether oxygens (including phenoxy) is 2. The van der Waals surface area contributed by atoms with E-state index in [0.29, 0.717) is 43.7 Å². The third kappa shape index (κ3) is 13.9. The van der Waals surface area contributed by atoms with Gasteiger partial charge in [-0.1, -0.05) is 46.8 Å². The molecule has 0 saturated heterocycles. The molecule has 280 valence electrons. The van der Waals surface area contributed by atoms with Crippen molar-refractivity contribution in [3.63, 3.8) is 0 Å². The summed E-state index contributed by atoms with van der Waals surface area (Å²) in [7, 11) is 0. The molecular formula is C38H54N4O9. The van der Waals surface area contributed by atoms with Crippen molar-refractivity contribution in [1.29, 1.82) is 0 Å². The van der Waals surface area contributed by atoms with E-state index in [9.17, 15) is 33.6 Å². The molecule has 3 N–H and O–H groups in total. The van der Waals surface area contributed by atoms with Crippen molar-refractivity contribution in [2.75, 3.05) is 25.0 Å². The number of nitrogens with zero attached hydrogens (tertiary/aromatic N) is 1. The minimum Gasteiger partial charge on any atom is -0.465 e. The molecule has 13 nitrogen and oxygen atoms in total. The summed E-state index contributed by atoms with van der Waals surface area (Å²) < 4.78 is 10.4. The van der Waals surface area contributed by atoms with Crippen LogP contribution in [0, 0.1) is 29.1 Å². The van der Waals surface area contributed by atoms with Gasteiger partial charge in [0, 0.05) is 55.6 Å². The van der Waals surface area contributed by atoms with Crippen molar-refractivity contribution in [2.24, 2.45) is 29.1 Å². The summed E-state index contributed by atoms with van der Waals surface area (Å²) in [5.41, 5.74) is 1.08. The third-order valence-corrected chi connectivity index (χ3v) is 9.04. The van der Waals surface area contributed by atoms with Gasteiger partial charge in [-0.3, -0.25) is 33.7 Å². The van der Waals surface area contributed by atoms with E-state index in [4.69, 9.17) is 9.47 Å². The van der Waals surface area contributed by atoms with E-state index in [2.05, 4.69) is 16.0 Å². The van der Waals surface area contributed by atoms with Gasteiger partial charge in [0.25, 0.3) is 11.8 Å². The average molecular weight is 711 g/mol. The van der Waals surface area contributed by atoms with Crippen molar-refractivity contribution in [3.8, 4) is 0 Å². The fourth-order valence-electron chi connectivity index (χ4n) is 5.86. The maximum Gasteiger partial charge on any atom is 0.407 e. The van der Waals surface area contributed by atoms with Gasteiger partial charge in [-0.15, -0.1) is 0 Å². The molecule has 51 heavy (non-hydrogen) atoms. The molecule has 1 saturated carbocycles. The average Bonchev–Trinajstić information content (AvgIpc) is 3.39. The van der Waals surface area contributed by atoms with E-state index in [1.807, 2.05) is 34.6 Å². The molecule has 1 aromatic rings. The van der Waals surface area contributed by atoms with Crippen molar-refractivity contribution >= 4 is 47.2 Å². The summed E-state index contributed by atoms with van der Waals surface area (Å²) in [6.07, 6.45) is 5.39. The minimum absolute atomic E-state index is 0.00916. The Kier molecular flexibility index (Phi) is 15.4. The van der Waals surface area contributed by atoms with Gasteiger partial charge in [0.05, 0.1) is 6.61 Å². The topological polar surface area (TPSA) is 177 Å². The highest BCUT2D eigenvalue weighted by Gasteiger charge is 2.34. The predicted octanol–water partition coefficient (Wildman–Crippen LogP) is 4.69. The number of hydrogen-bond acceptors (Lipinski definition) is 9. The predicted molar refractivity (Wildman–Crippen MR) is 190 cm³/mol. The lowest BCUT2D eigenvalue weighted by Gasteiger charge is -2.31. The van der Waals surface area contributed by atoms with Crippen molar-refractivity contribution in [3.05, 3.63) is 42.0 Å². The molecule has 3 rings (SSSR count). The quantitative estimate of drug-likeness (QED) is 0.118. The summed E-state index contributed by atoms with van der Waals surface area (Å²) in [4.78, 5) is 88.2. The van der Waals surface area contributed by atoms with Gasteiger partial charge in [-0.2, -0.15) is 0 Å². The third-order valence-electron chi connectivity index (χ3n) is 9.04. The molecule has 0 spiro atoms. The summed E-state index contributed by atoms with van der Waals surface area (Å²) >= 11 is 0. The number of benzene rings is 1.